The van der Waals surface area contributed by atoms with Gasteiger partial charge in [-0.15, -0.1) is 0 Å². The monoisotopic (exact) mass is 226 g/mol. The van der Waals surface area contributed by atoms with E-state index in [1.54, 1.807) is 0 Å². The average Bonchev–Trinajstić information content (AvgIpc) is 2.27. The van der Waals surface area contributed by atoms with E-state index >= 15 is 0 Å². The van der Waals surface area contributed by atoms with Gasteiger partial charge in [0.2, 0.25) is 0 Å². The van der Waals surface area contributed by atoms with Gasteiger partial charge in [-0.2, -0.15) is 0 Å². The van der Waals surface area contributed by atoms with Crippen molar-refractivity contribution in [3.8, 4) is 0 Å². The summed E-state index contributed by atoms with van der Waals surface area (Å²) in [6, 6.07) is 0. The largest absolute Gasteiger partial charge is 0.392 e. The molecule has 0 saturated carbocycles. The second-order valence-electron chi connectivity index (χ2n) is 4.85. The molecule has 16 heavy (non-hydrogen) atoms. The van der Waals surface area contributed by atoms with Crippen LogP contribution in [0.4, 0.5) is 0 Å². The highest BCUT2D eigenvalue weighted by atomic mass is 16.3. The van der Waals surface area contributed by atoms with Crippen molar-refractivity contribution >= 4 is 0 Å². The number of hydrogen-bond acceptors (Lipinski definition) is 1. The van der Waals surface area contributed by atoms with Gasteiger partial charge in [0.1, 0.15) is 0 Å². The Balaban J connectivity index is 0. The Morgan fingerprint density at radius 2 is 1.75 bits per heavy atom. The molecule has 96 valence electrons. The molecule has 0 aliphatic rings. The average molecular weight is 226 g/mol. The van der Waals surface area contributed by atoms with Crippen LogP contribution in [0.15, 0.2) is 23.8 Å². The second-order valence-corrected chi connectivity index (χ2v) is 4.85. The summed E-state index contributed by atoms with van der Waals surface area (Å²) in [4.78, 5) is 0. The molecule has 1 nitrogen and oxygen atoms in total. The van der Waals surface area contributed by atoms with Gasteiger partial charge in [0.05, 0.1) is 6.61 Å². The van der Waals surface area contributed by atoms with Gasteiger partial charge in [-0.25, -0.2) is 0 Å². The third-order valence-electron chi connectivity index (χ3n) is 3.40. The zero-order valence-corrected chi connectivity index (χ0v) is 12.2. The van der Waals surface area contributed by atoms with E-state index in [2.05, 4.69) is 40.3 Å². The molecule has 0 aromatic carbocycles. The molecular formula is C15H30O. The first-order valence-electron chi connectivity index (χ1n) is 6.24. The fraction of sp³-hybridized carbons (Fsp3) is 0.733. The zero-order chi connectivity index (χ0) is 13.4. The number of rotatable bonds is 5. The zero-order valence-electron chi connectivity index (χ0n) is 12.2. The Morgan fingerprint density at radius 3 is 2.06 bits per heavy atom. The van der Waals surface area contributed by atoms with Crippen LogP contribution in [-0.4, -0.2) is 11.7 Å². The predicted octanol–water partition coefficient (Wildman–Crippen LogP) is 4.58. The first-order valence-corrected chi connectivity index (χ1v) is 6.24. The maximum atomic E-state index is 8.87. The Morgan fingerprint density at radius 1 is 1.31 bits per heavy atom. The summed E-state index contributed by atoms with van der Waals surface area (Å²) >= 11 is 0. The van der Waals surface area contributed by atoms with Crippen LogP contribution in [0.2, 0.25) is 0 Å². The van der Waals surface area contributed by atoms with Gasteiger partial charge in [0.15, 0.2) is 0 Å². The van der Waals surface area contributed by atoms with Gasteiger partial charge >= 0.3 is 0 Å². The third kappa shape index (κ3) is 6.12. The standard InChI is InChI=1S/C13H24O.C2H6/c1-10(2)13(5,6)12(4)8-7-11(3)9-14;1-2/h7,12,14H,1,8-9H2,2-6H3;1-2H3/b11-7+;. The van der Waals surface area contributed by atoms with Crippen LogP contribution in [0.3, 0.4) is 0 Å². The van der Waals surface area contributed by atoms with Crippen molar-refractivity contribution < 1.29 is 5.11 Å². The van der Waals surface area contributed by atoms with E-state index in [1.807, 2.05) is 20.8 Å². The van der Waals surface area contributed by atoms with Crippen molar-refractivity contribution in [3.05, 3.63) is 23.8 Å². The van der Waals surface area contributed by atoms with Crippen LogP contribution in [0.5, 0.6) is 0 Å². The molecule has 1 unspecified atom stereocenters. The highest BCUT2D eigenvalue weighted by Crippen LogP contribution is 2.35. The SMILES string of the molecule is C=C(C)C(C)(C)C(C)C/C=C(\C)CO.CC. The lowest BCUT2D eigenvalue weighted by molar-refractivity contribution is 0.287. The van der Waals surface area contributed by atoms with Crippen molar-refractivity contribution in [1.82, 2.24) is 0 Å². The number of aliphatic hydroxyl groups is 1. The van der Waals surface area contributed by atoms with E-state index in [1.165, 1.54) is 5.57 Å². The molecule has 1 N–H and O–H groups in total. The molecule has 0 bridgehead atoms. The van der Waals surface area contributed by atoms with Gasteiger partial charge in [0.25, 0.3) is 0 Å². The fourth-order valence-electron chi connectivity index (χ4n) is 1.16. The molecule has 0 amide bonds. The lowest BCUT2D eigenvalue weighted by Gasteiger charge is -2.32. The maximum absolute atomic E-state index is 8.87. The predicted molar refractivity (Wildman–Crippen MR) is 74.6 cm³/mol. The Labute approximate surface area is 102 Å². The quantitative estimate of drug-likeness (QED) is 0.680. The Kier molecular flexibility index (Phi) is 9.55. The van der Waals surface area contributed by atoms with Gasteiger partial charge in [-0.05, 0) is 31.6 Å². The summed E-state index contributed by atoms with van der Waals surface area (Å²) in [6.07, 6.45) is 3.13. The summed E-state index contributed by atoms with van der Waals surface area (Å²) in [5.74, 6) is 0.557. The summed E-state index contributed by atoms with van der Waals surface area (Å²) in [5, 5.41) is 8.87. The molecule has 1 atom stereocenters. The van der Waals surface area contributed by atoms with E-state index < -0.39 is 0 Å². The highest BCUT2D eigenvalue weighted by Gasteiger charge is 2.25. The van der Waals surface area contributed by atoms with Gasteiger partial charge < -0.3 is 5.11 Å². The molecule has 0 aromatic heterocycles. The van der Waals surface area contributed by atoms with E-state index in [9.17, 15) is 0 Å². The highest BCUT2D eigenvalue weighted by molar-refractivity contribution is 5.07. The summed E-state index contributed by atoms with van der Waals surface area (Å²) in [7, 11) is 0. The van der Waals surface area contributed by atoms with Crippen LogP contribution >= 0.6 is 0 Å². The van der Waals surface area contributed by atoms with Gasteiger partial charge in [-0.1, -0.05) is 58.4 Å². The summed E-state index contributed by atoms with van der Waals surface area (Å²) < 4.78 is 0. The normalized spacial score (nSPS) is 13.9. The van der Waals surface area contributed by atoms with Crippen LogP contribution in [0.25, 0.3) is 0 Å². The summed E-state index contributed by atoms with van der Waals surface area (Å²) in [6.45, 7) is 18.9. The minimum absolute atomic E-state index is 0.167. The lowest BCUT2D eigenvalue weighted by atomic mass is 9.73. The van der Waals surface area contributed by atoms with Crippen molar-refractivity contribution in [2.24, 2.45) is 11.3 Å². The molecule has 0 rings (SSSR count). The molecule has 0 fully saturated rings. The van der Waals surface area contributed by atoms with Crippen LogP contribution in [0.1, 0.15) is 54.9 Å². The Bertz CT molecular complexity index is 224. The molecule has 0 heterocycles. The first kappa shape index (κ1) is 17.8. The topological polar surface area (TPSA) is 20.2 Å². The molecular weight excluding hydrogens is 196 g/mol. The Hall–Kier alpha value is -0.560. The van der Waals surface area contributed by atoms with Crippen molar-refractivity contribution in [2.45, 2.75) is 54.9 Å². The van der Waals surface area contributed by atoms with Crippen LogP contribution in [-0.2, 0) is 0 Å². The van der Waals surface area contributed by atoms with Crippen molar-refractivity contribution in [1.29, 1.82) is 0 Å². The molecule has 1 heteroatoms. The smallest absolute Gasteiger partial charge is 0.0639 e. The van der Waals surface area contributed by atoms with E-state index in [0.717, 1.165) is 12.0 Å². The van der Waals surface area contributed by atoms with Crippen LogP contribution < -0.4 is 0 Å². The first-order chi connectivity index (χ1) is 7.32. The molecule has 0 spiro atoms. The van der Waals surface area contributed by atoms with E-state index in [-0.39, 0.29) is 12.0 Å². The fourth-order valence-corrected chi connectivity index (χ4v) is 1.16. The van der Waals surface area contributed by atoms with Crippen LogP contribution in [0, 0.1) is 11.3 Å². The van der Waals surface area contributed by atoms with Gasteiger partial charge in [0, 0.05) is 0 Å². The number of aliphatic hydroxyl groups excluding tert-OH is 1. The molecule has 0 radical (unpaired) electrons. The number of hydrogen-bond donors (Lipinski definition) is 1. The number of allylic oxidation sites excluding steroid dienone is 2. The molecule has 0 aromatic rings. The third-order valence-corrected chi connectivity index (χ3v) is 3.40. The molecule has 0 saturated heterocycles. The van der Waals surface area contributed by atoms with Crippen molar-refractivity contribution in [3.63, 3.8) is 0 Å². The van der Waals surface area contributed by atoms with Gasteiger partial charge in [-0.3, -0.25) is 0 Å². The van der Waals surface area contributed by atoms with E-state index in [0.29, 0.717) is 5.92 Å². The lowest BCUT2D eigenvalue weighted by Crippen LogP contribution is -2.22. The second kappa shape index (κ2) is 8.58. The molecule has 0 aliphatic carbocycles. The van der Waals surface area contributed by atoms with E-state index in [4.69, 9.17) is 5.11 Å². The molecule has 0 aliphatic heterocycles. The van der Waals surface area contributed by atoms with Crippen molar-refractivity contribution in [2.75, 3.05) is 6.61 Å². The summed E-state index contributed by atoms with van der Waals surface area (Å²) in [5.41, 5.74) is 2.45. The minimum atomic E-state index is 0.167. The maximum Gasteiger partial charge on any atom is 0.0639 e. The minimum Gasteiger partial charge on any atom is -0.392 e.